The van der Waals surface area contributed by atoms with E-state index in [0.717, 1.165) is 19.0 Å². The van der Waals surface area contributed by atoms with Gasteiger partial charge in [-0.05, 0) is 58.5 Å². The van der Waals surface area contributed by atoms with Crippen LogP contribution in [0, 0.1) is 5.92 Å². The van der Waals surface area contributed by atoms with Crippen molar-refractivity contribution in [2.24, 2.45) is 10.9 Å². The highest BCUT2D eigenvalue weighted by atomic mass is 127. The molecule has 0 saturated carbocycles. The minimum absolute atomic E-state index is 0. The van der Waals surface area contributed by atoms with Gasteiger partial charge in [0.15, 0.2) is 5.96 Å². The summed E-state index contributed by atoms with van der Waals surface area (Å²) in [7, 11) is -5.25. The van der Waals surface area contributed by atoms with Crippen molar-refractivity contribution in [3.05, 3.63) is 0 Å². The molecule has 2 aliphatic heterocycles. The van der Waals surface area contributed by atoms with Gasteiger partial charge >= 0.3 is 15.5 Å². The highest BCUT2D eigenvalue weighted by Gasteiger charge is 2.50. The third kappa shape index (κ3) is 7.66. The summed E-state index contributed by atoms with van der Waals surface area (Å²) in [6, 6.07) is 0.204. The minimum Gasteiger partial charge on any atom is -0.357 e. The van der Waals surface area contributed by atoms with E-state index in [1.165, 1.54) is 12.8 Å². The molecule has 0 aromatic rings. The first kappa shape index (κ1) is 27.7. The number of nitrogens with zero attached hydrogens (tertiary/aromatic N) is 3. The predicted molar refractivity (Wildman–Crippen MR) is 124 cm³/mol. The maximum atomic E-state index is 12.7. The van der Waals surface area contributed by atoms with Crippen LogP contribution in [0.2, 0.25) is 0 Å². The van der Waals surface area contributed by atoms with Gasteiger partial charge in [-0.2, -0.15) is 17.5 Å². The molecule has 1 atom stereocenters. The Kier molecular flexibility index (Phi) is 11.1. The zero-order valence-corrected chi connectivity index (χ0v) is 21.1. The molecular weight excluding hydrogens is 534 g/mol. The minimum atomic E-state index is -5.25. The first-order valence-electron chi connectivity index (χ1n) is 10.4. The van der Waals surface area contributed by atoms with Gasteiger partial charge in [-0.1, -0.05) is 6.92 Å². The van der Waals surface area contributed by atoms with Gasteiger partial charge in [-0.15, -0.1) is 24.0 Å². The fourth-order valence-electron chi connectivity index (χ4n) is 3.71. The Labute approximate surface area is 195 Å². The summed E-state index contributed by atoms with van der Waals surface area (Å²) in [6.45, 7) is 9.53. The number of guanidine groups is 1. The summed E-state index contributed by atoms with van der Waals surface area (Å²) < 4.78 is 61.7. The van der Waals surface area contributed by atoms with Crippen molar-refractivity contribution in [1.29, 1.82) is 0 Å². The molecule has 7 nitrogen and oxygen atoms in total. The zero-order valence-electron chi connectivity index (χ0n) is 17.9. The van der Waals surface area contributed by atoms with Crippen LogP contribution in [-0.4, -0.2) is 80.4 Å². The predicted octanol–water partition coefficient (Wildman–Crippen LogP) is 2.59. The third-order valence-corrected chi connectivity index (χ3v) is 7.36. The summed E-state index contributed by atoms with van der Waals surface area (Å²) in [5.41, 5.74) is -5.24. The van der Waals surface area contributed by atoms with E-state index in [0.29, 0.717) is 42.2 Å². The number of rotatable bonds is 6. The number of alkyl halides is 3. The monoisotopic (exact) mass is 569 g/mol. The largest absolute Gasteiger partial charge is 0.511 e. The van der Waals surface area contributed by atoms with Crippen LogP contribution in [0.1, 0.15) is 46.5 Å². The van der Waals surface area contributed by atoms with Crippen molar-refractivity contribution < 1.29 is 21.6 Å². The Morgan fingerprint density at radius 1 is 1.13 bits per heavy atom. The number of hydrogen-bond acceptors (Lipinski definition) is 4. The van der Waals surface area contributed by atoms with Gasteiger partial charge in [0.2, 0.25) is 0 Å². The third-order valence-electron chi connectivity index (χ3n) is 5.73. The molecule has 0 amide bonds. The maximum Gasteiger partial charge on any atom is 0.511 e. The van der Waals surface area contributed by atoms with Crippen molar-refractivity contribution >= 4 is 40.0 Å². The molecule has 0 bridgehead atoms. The number of nitrogens with one attached hydrogen (secondary N) is 2. The van der Waals surface area contributed by atoms with Crippen LogP contribution in [0.5, 0.6) is 0 Å². The average Bonchev–Trinajstić information content (AvgIpc) is 2.66. The van der Waals surface area contributed by atoms with E-state index in [2.05, 4.69) is 34.4 Å². The number of hydrogen-bond donors (Lipinski definition) is 2. The molecule has 0 radical (unpaired) electrons. The van der Waals surface area contributed by atoms with Crippen molar-refractivity contribution in [2.45, 2.75) is 64.0 Å². The fraction of sp³-hybridized carbons (Fsp3) is 0.944. The smallest absolute Gasteiger partial charge is 0.357 e. The lowest BCUT2D eigenvalue weighted by atomic mass is 9.98. The van der Waals surface area contributed by atoms with Crippen LogP contribution in [0.3, 0.4) is 0 Å². The van der Waals surface area contributed by atoms with Gasteiger partial charge in [0, 0.05) is 31.7 Å². The van der Waals surface area contributed by atoms with Crippen LogP contribution in [0.4, 0.5) is 13.2 Å². The molecule has 0 aliphatic carbocycles. The summed E-state index contributed by atoms with van der Waals surface area (Å²) in [5.74, 6) is 1.40. The summed E-state index contributed by atoms with van der Waals surface area (Å²) in [5, 5.41) is 6.42. The molecule has 12 heteroatoms. The van der Waals surface area contributed by atoms with Gasteiger partial charge in [-0.3, -0.25) is 9.89 Å². The molecule has 178 valence electrons. The Hall–Kier alpha value is -0.340. The van der Waals surface area contributed by atoms with Crippen molar-refractivity contribution in [3.8, 4) is 0 Å². The SMILES string of the molecule is CCNC(=NCC(C)N1CCC(C)CC1)NC1CCN(S(=O)(=O)C(F)(F)F)CC1.I. The van der Waals surface area contributed by atoms with Crippen LogP contribution in [0.25, 0.3) is 0 Å². The normalized spacial score (nSPS) is 22.4. The molecular formula is C18H35F3IN5O2S. The van der Waals surface area contributed by atoms with Crippen LogP contribution in [0.15, 0.2) is 4.99 Å². The van der Waals surface area contributed by atoms with Crippen LogP contribution in [-0.2, 0) is 10.0 Å². The molecule has 0 spiro atoms. The first-order valence-corrected chi connectivity index (χ1v) is 11.8. The van der Waals surface area contributed by atoms with E-state index in [1.54, 1.807) is 0 Å². The molecule has 2 heterocycles. The van der Waals surface area contributed by atoms with E-state index in [9.17, 15) is 21.6 Å². The standard InChI is InChI=1S/C18H34F3N5O2S.HI/c1-4-22-17(23-13-15(3)25-9-5-14(2)6-10-25)24-16-7-11-26(12-8-16)29(27,28)18(19,20)21;/h14-16H,4-13H2,1-3H3,(H2,22,23,24);1H. The summed E-state index contributed by atoms with van der Waals surface area (Å²) >= 11 is 0. The van der Waals surface area contributed by atoms with E-state index in [1.807, 2.05) is 6.92 Å². The zero-order chi connectivity index (χ0) is 21.7. The summed E-state index contributed by atoms with van der Waals surface area (Å²) in [6.07, 6.45) is 3.01. The van der Waals surface area contributed by atoms with Gasteiger partial charge in [-0.25, -0.2) is 8.42 Å². The van der Waals surface area contributed by atoms with Crippen LogP contribution >= 0.6 is 24.0 Å². The molecule has 30 heavy (non-hydrogen) atoms. The van der Waals surface area contributed by atoms with Crippen molar-refractivity contribution in [1.82, 2.24) is 19.8 Å². The fourth-order valence-corrected chi connectivity index (χ4v) is 4.69. The van der Waals surface area contributed by atoms with Gasteiger partial charge in [0.25, 0.3) is 0 Å². The Morgan fingerprint density at radius 3 is 2.20 bits per heavy atom. The second-order valence-electron chi connectivity index (χ2n) is 8.06. The van der Waals surface area contributed by atoms with Gasteiger partial charge < -0.3 is 10.6 Å². The average molecular weight is 569 g/mol. The Bertz CT molecular complexity index is 647. The Morgan fingerprint density at radius 2 is 1.70 bits per heavy atom. The molecule has 2 aliphatic rings. The topological polar surface area (TPSA) is 77.0 Å². The Balaban J connectivity index is 0.00000450. The number of aliphatic imine (C=N–C) groups is 1. The number of piperidine rings is 2. The van der Waals surface area contributed by atoms with E-state index in [-0.39, 0.29) is 43.1 Å². The quantitative estimate of drug-likeness (QED) is 0.292. The van der Waals surface area contributed by atoms with E-state index in [4.69, 9.17) is 0 Å². The molecule has 2 N–H and O–H groups in total. The second kappa shape index (κ2) is 12.0. The highest BCUT2D eigenvalue weighted by Crippen LogP contribution is 2.29. The molecule has 2 rings (SSSR count). The molecule has 2 fully saturated rings. The number of sulfonamides is 1. The molecule has 2 saturated heterocycles. The summed E-state index contributed by atoms with van der Waals surface area (Å²) in [4.78, 5) is 7.09. The molecule has 0 aromatic heterocycles. The first-order chi connectivity index (χ1) is 13.5. The van der Waals surface area contributed by atoms with Gasteiger partial charge in [0.1, 0.15) is 0 Å². The lowest BCUT2D eigenvalue weighted by molar-refractivity contribution is -0.0494. The number of likely N-dealkylation sites (tertiary alicyclic amines) is 1. The lowest BCUT2D eigenvalue weighted by Gasteiger charge is -2.34. The van der Waals surface area contributed by atoms with Gasteiger partial charge in [0.05, 0.1) is 6.54 Å². The lowest BCUT2D eigenvalue weighted by Crippen LogP contribution is -2.52. The maximum absolute atomic E-state index is 12.7. The number of halogens is 4. The van der Waals surface area contributed by atoms with Crippen molar-refractivity contribution in [2.75, 3.05) is 39.3 Å². The van der Waals surface area contributed by atoms with Crippen LogP contribution < -0.4 is 10.6 Å². The second-order valence-corrected chi connectivity index (χ2v) is 9.99. The van der Waals surface area contributed by atoms with E-state index >= 15 is 0 Å². The highest BCUT2D eigenvalue weighted by molar-refractivity contribution is 14.0. The van der Waals surface area contributed by atoms with Crippen molar-refractivity contribution in [3.63, 3.8) is 0 Å². The molecule has 1 unspecified atom stereocenters. The molecule has 0 aromatic carbocycles. The van der Waals surface area contributed by atoms with E-state index < -0.39 is 15.5 Å².